The third-order valence-electron chi connectivity index (χ3n) is 5.84. The van der Waals surface area contributed by atoms with Crippen molar-refractivity contribution in [2.24, 2.45) is 26.7 Å². The average molecular weight is 661 g/mol. The summed E-state index contributed by atoms with van der Waals surface area (Å²) < 4.78 is 35.9. The van der Waals surface area contributed by atoms with Crippen LogP contribution in [0.25, 0.3) is 0 Å². The SMILES string of the molecule is C#C[C@@]1(N2N=CN=C(N)/C2=C/C=C)O[C@H](COP(=O)(OCCSC(=O)C(C)(C)C)OCCSC(=O)C(C)(C)C)[C@@H](O)[C@H]1O. The highest BCUT2D eigenvalue weighted by molar-refractivity contribution is 8.14. The zero-order valence-corrected chi connectivity index (χ0v) is 27.7. The number of carbonyl (C=O) groups is 2. The highest BCUT2D eigenvalue weighted by Gasteiger charge is 2.59. The molecule has 2 aliphatic heterocycles. The van der Waals surface area contributed by atoms with Crippen molar-refractivity contribution in [3.63, 3.8) is 0 Å². The molecule has 0 radical (unpaired) electrons. The van der Waals surface area contributed by atoms with E-state index in [0.29, 0.717) is 0 Å². The summed E-state index contributed by atoms with van der Waals surface area (Å²) in [5.74, 6) is 2.67. The van der Waals surface area contributed by atoms with E-state index in [1.54, 1.807) is 41.5 Å². The molecular formula is C27H41N4O9PS2. The molecule has 4 atom stereocenters. The number of nitrogens with two attached hydrogens (primary N) is 1. The molecule has 0 unspecified atom stereocenters. The first kappa shape index (κ1) is 37.2. The van der Waals surface area contributed by atoms with Gasteiger partial charge < -0.3 is 20.7 Å². The van der Waals surface area contributed by atoms with Crippen LogP contribution in [0.2, 0.25) is 0 Å². The first-order chi connectivity index (χ1) is 19.9. The van der Waals surface area contributed by atoms with Gasteiger partial charge in [0.1, 0.15) is 30.3 Å². The second-order valence-corrected chi connectivity index (χ2v) is 15.3. The van der Waals surface area contributed by atoms with Gasteiger partial charge in [-0.05, 0) is 12.0 Å². The van der Waals surface area contributed by atoms with Crippen molar-refractivity contribution in [2.75, 3.05) is 31.3 Å². The lowest BCUT2D eigenvalue weighted by Crippen LogP contribution is -2.55. The second kappa shape index (κ2) is 15.3. The summed E-state index contributed by atoms with van der Waals surface area (Å²) in [6, 6.07) is 0. The number of phosphoric acid groups is 1. The Labute approximate surface area is 261 Å². The highest BCUT2D eigenvalue weighted by Crippen LogP contribution is 2.51. The molecule has 0 spiro atoms. The summed E-state index contributed by atoms with van der Waals surface area (Å²) in [6.07, 6.45) is 5.06. The van der Waals surface area contributed by atoms with E-state index in [1.165, 1.54) is 12.2 Å². The van der Waals surface area contributed by atoms with E-state index >= 15 is 0 Å². The Morgan fingerprint density at radius 3 is 2.16 bits per heavy atom. The lowest BCUT2D eigenvalue weighted by Gasteiger charge is -2.38. The van der Waals surface area contributed by atoms with Gasteiger partial charge >= 0.3 is 7.82 Å². The third kappa shape index (κ3) is 9.75. The molecule has 2 heterocycles. The Bertz CT molecular complexity index is 1180. The van der Waals surface area contributed by atoms with Crippen molar-refractivity contribution in [1.82, 2.24) is 5.01 Å². The molecule has 0 aromatic heterocycles. The van der Waals surface area contributed by atoms with Crippen LogP contribution < -0.4 is 5.73 Å². The number of hydrazone groups is 1. The van der Waals surface area contributed by atoms with E-state index < -0.39 is 49.3 Å². The Morgan fingerprint density at radius 2 is 1.70 bits per heavy atom. The van der Waals surface area contributed by atoms with Crippen LogP contribution in [0.3, 0.4) is 0 Å². The van der Waals surface area contributed by atoms with Gasteiger partial charge in [0.05, 0.1) is 19.8 Å². The molecule has 0 aromatic carbocycles. The van der Waals surface area contributed by atoms with E-state index in [1.807, 2.05) is 0 Å². The van der Waals surface area contributed by atoms with Crippen LogP contribution in [0.15, 0.2) is 34.5 Å². The monoisotopic (exact) mass is 660 g/mol. The van der Waals surface area contributed by atoms with Crippen LogP contribution in [-0.4, -0.2) is 93.0 Å². The molecule has 0 bridgehead atoms. The molecule has 2 rings (SSSR count). The van der Waals surface area contributed by atoms with Crippen LogP contribution in [0.1, 0.15) is 41.5 Å². The topological polar surface area (TPSA) is 183 Å². The Morgan fingerprint density at radius 1 is 1.16 bits per heavy atom. The third-order valence-corrected chi connectivity index (χ3v) is 9.80. The Kier molecular flexibility index (Phi) is 13.3. The van der Waals surface area contributed by atoms with Gasteiger partial charge in [-0.15, -0.1) is 6.42 Å². The van der Waals surface area contributed by atoms with Crippen LogP contribution >= 0.6 is 31.3 Å². The largest absolute Gasteiger partial charge is 0.474 e. The molecule has 16 heteroatoms. The summed E-state index contributed by atoms with van der Waals surface area (Å²) in [7, 11) is -4.32. The van der Waals surface area contributed by atoms with Gasteiger partial charge in [-0.2, -0.15) is 5.10 Å². The smallest absolute Gasteiger partial charge is 0.387 e. The minimum absolute atomic E-state index is 0.00596. The van der Waals surface area contributed by atoms with Crippen molar-refractivity contribution >= 4 is 53.8 Å². The molecule has 2 aliphatic rings. The number of aliphatic imine (C=N–C) groups is 1. The number of carbonyl (C=O) groups excluding carboxylic acids is 2. The number of phosphoric ester groups is 1. The molecule has 43 heavy (non-hydrogen) atoms. The lowest BCUT2D eigenvalue weighted by molar-refractivity contribution is -0.133. The van der Waals surface area contributed by atoms with Gasteiger partial charge in [0.15, 0.2) is 16.1 Å². The summed E-state index contributed by atoms with van der Waals surface area (Å²) in [5.41, 5.74) is 2.92. The van der Waals surface area contributed by atoms with Crippen LogP contribution in [0.5, 0.6) is 0 Å². The minimum Gasteiger partial charge on any atom is -0.387 e. The standard InChI is InChI=1S/C27H41N4O9PS2/c1-9-11-18-22(28)29-17-30-31(18)27(10-2)21(33)20(32)19(40-27)16-39-41(36,37-12-14-42-23(34)25(3,4)5)38-13-15-43-24(35)26(6,7)8/h2,9,11,17,19-21,32-33H,1,12-16H2,3-8H3,(H2,28,29,30)/b18-11-/t19-,20-,21-,27-/m1/s1. The molecule has 1 saturated heterocycles. The van der Waals surface area contributed by atoms with Crippen molar-refractivity contribution in [2.45, 2.75) is 65.6 Å². The van der Waals surface area contributed by atoms with Crippen molar-refractivity contribution in [3.8, 4) is 12.3 Å². The maximum absolute atomic E-state index is 13.6. The van der Waals surface area contributed by atoms with Crippen molar-refractivity contribution in [3.05, 3.63) is 24.4 Å². The number of terminal acetylenes is 1. The number of ether oxygens (including phenoxy) is 1. The van der Waals surface area contributed by atoms with Gasteiger partial charge in [-0.1, -0.05) is 77.7 Å². The molecule has 0 aliphatic carbocycles. The van der Waals surface area contributed by atoms with Crippen molar-refractivity contribution < 1.29 is 42.7 Å². The van der Waals surface area contributed by atoms with Crippen LogP contribution in [0.4, 0.5) is 0 Å². The zero-order valence-electron chi connectivity index (χ0n) is 25.2. The number of nitrogens with zero attached hydrogens (tertiary/aromatic N) is 3. The predicted molar refractivity (Wildman–Crippen MR) is 168 cm³/mol. The fourth-order valence-electron chi connectivity index (χ4n) is 3.48. The Balaban J connectivity index is 2.16. The molecule has 4 N–H and O–H groups in total. The molecule has 240 valence electrons. The van der Waals surface area contributed by atoms with Gasteiger partial charge in [0, 0.05) is 22.3 Å². The summed E-state index contributed by atoms with van der Waals surface area (Å²) >= 11 is 2.02. The number of thioether (sulfide) groups is 2. The number of allylic oxidation sites excluding steroid dienone is 2. The molecule has 0 saturated carbocycles. The number of amidine groups is 1. The van der Waals surface area contributed by atoms with Crippen LogP contribution in [-0.2, 0) is 32.5 Å². The molecule has 0 amide bonds. The molecular weight excluding hydrogens is 619 g/mol. The normalized spacial score (nSPS) is 25.5. The number of hydrogen-bond donors (Lipinski definition) is 3. The number of hydrogen-bond acceptors (Lipinski definition) is 15. The van der Waals surface area contributed by atoms with E-state index in [-0.39, 0.29) is 46.5 Å². The zero-order chi connectivity index (χ0) is 32.6. The highest BCUT2D eigenvalue weighted by atomic mass is 32.2. The van der Waals surface area contributed by atoms with Gasteiger partial charge in [0.2, 0.25) is 0 Å². The summed E-state index contributed by atoms with van der Waals surface area (Å²) in [5, 5.41) is 26.8. The number of aliphatic hydroxyl groups is 2. The Hall–Kier alpha value is -1.99. The lowest BCUT2D eigenvalue weighted by atomic mass is 9.99. The fourth-order valence-corrected chi connectivity index (χ4v) is 6.48. The summed E-state index contributed by atoms with van der Waals surface area (Å²) in [4.78, 5) is 28.4. The first-order valence-corrected chi connectivity index (χ1v) is 16.7. The predicted octanol–water partition coefficient (Wildman–Crippen LogP) is 2.89. The maximum atomic E-state index is 13.6. The molecule has 13 nitrogen and oxygen atoms in total. The first-order valence-electron chi connectivity index (χ1n) is 13.3. The molecule has 0 aromatic rings. The quantitative estimate of drug-likeness (QED) is 0.149. The van der Waals surface area contributed by atoms with Gasteiger partial charge in [-0.3, -0.25) is 23.2 Å². The van der Waals surface area contributed by atoms with E-state index in [0.717, 1.165) is 34.9 Å². The number of aliphatic hydroxyl groups excluding tert-OH is 2. The molecule has 1 fully saturated rings. The minimum atomic E-state index is -4.32. The van der Waals surface area contributed by atoms with E-state index in [4.69, 9.17) is 30.5 Å². The van der Waals surface area contributed by atoms with Crippen LogP contribution in [0, 0.1) is 23.2 Å². The number of rotatable bonds is 13. The fraction of sp³-hybridized carbons (Fsp3) is 0.630. The van der Waals surface area contributed by atoms with Gasteiger partial charge in [-0.25, -0.2) is 14.6 Å². The maximum Gasteiger partial charge on any atom is 0.474 e. The summed E-state index contributed by atoms with van der Waals surface area (Å²) in [6.45, 7) is 13.4. The second-order valence-electron chi connectivity index (χ2n) is 11.5. The van der Waals surface area contributed by atoms with Gasteiger partial charge in [0.25, 0.3) is 5.72 Å². The van der Waals surface area contributed by atoms with E-state index in [2.05, 4.69) is 22.6 Å². The van der Waals surface area contributed by atoms with Crippen molar-refractivity contribution in [1.29, 1.82) is 0 Å². The average Bonchev–Trinajstić information content (AvgIpc) is 3.18. The van der Waals surface area contributed by atoms with E-state index in [9.17, 15) is 24.4 Å².